The van der Waals surface area contributed by atoms with Gasteiger partial charge in [-0.2, -0.15) is 0 Å². The Hall–Kier alpha value is -4.44. The molecule has 10 heteroatoms. The minimum atomic E-state index is -0.609. The molecule has 0 saturated carbocycles. The summed E-state index contributed by atoms with van der Waals surface area (Å²) in [6.07, 6.45) is 3.82. The lowest BCUT2D eigenvalue weighted by molar-refractivity contribution is 0.0479. The highest BCUT2D eigenvalue weighted by Crippen LogP contribution is 2.35. The van der Waals surface area contributed by atoms with Crippen LogP contribution in [0.2, 0.25) is 0 Å². The van der Waals surface area contributed by atoms with Gasteiger partial charge in [0.05, 0.1) is 24.4 Å². The Morgan fingerprint density at radius 2 is 1.75 bits per heavy atom. The number of hydrogen-bond donors (Lipinski definition) is 0. The maximum Gasteiger partial charge on any atom is 0.256 e. The first-order chi connectivity index (χ1) is 21.2. The number of piperazine rings is 1. The lowest BCUT2D eigenvalue weighted by Gasteiger charge is -2.34. The van der Waals surface area contributed by atoms with Crippen LogP contribution in [0.4, 0.5) is 10.1 Å². The molecule has 9 nitrogen and oxygen atoms in total. The number of halogens is 1. The van der Waals surface area contributed by atoms with E-state index in [-0.39, 0.29) is 29.2 Å². The van der Waals surface area contributed by atoms with Gasteiger partial charge in [0.1, 0.15) is 24.0 Å². The van der Waals surface area contributed by atoms with E-state index in [2.05, 4.69) is 9.89 Å². The molecule has 1 atom stereocenters. The van der Waals surface area contributed by atoms with E-state index in [0.717, 1.165) is 36.1 Å². The van der Waals surface area contributed by atoms with E-state index in [9.17, 15) is 9.59 Å². The van der Waals surface area contributed by atoms with Crippen LogP contribution < -0.4 is 14.2 Å². The molecule has 3 aliphatic heterocycles. The topological polar surface area (TPSA) is 83.9 Å². The van der Waals surface area contributed by atoms with Gasteiger partial charge in [0, 0.05) is 56.6 Å². The Morgan fingerprint density at radius 3 is 2.50 bits per heavy atom. The monoisotopic (exact) mass is 600 g/mol. The van der Waals surface area contributed by atoms with Crippen molar-refractivity contribution >= 4 is 23.7 Å². The second kappa shape index (κ2) is 12.3. The highest BCUT2D eigenvalue weighted by molar-refractivity contribution is 6.03. The zero-order valence-electron chi connectivity index (χ0n) is 25.6. The minimum absolute atomic E-state index is 0.0273. The predicted molar refractivity (Wildman–Crippen MR) is 165 cm³/mol. The van der Waals surface area contributed by atoms with Gasteiger partial charge in [-0.3, -0.25) is 19.5 Å². The summed E-state index contributed by atoms with van der Waals surface area (Å²) in [5, 5.41) is 0. The highest BCUT2D eigenvalue weighted by Gasteiger charge is 2.32. The van der Waals surface area contributed by atoms with Gasteiger partial charge >= 0.3 is 0 Å². The second-order valence-corrected chi connectivity index (χ2v) is 11.6. The molecular weight excluding hydrogens is 563 g/mol. The number of carbonyl (C=O) groups excluding carboxylic acids is 2. The number of aliphatic imine (C=N–C) groups is 1. The van der Waals surface area contributed by atoms with Gasteiger partial charge in [-0.05, 0) is 80.6 Å². The van der Waals surface area contributed by atoms with Gasteiger partial charge in [0.25, 0.3) is 11.8 Å². The van der Waals surface area contributed by atoms with E-state index in [4.69, 9.17) is 14.2 Å². The fraction of sp³-hybridized carbons (Fsp3) is 0.382. The van der Waals surface area contributed by atoms with Gasteiger partial charge in [0.15, 0.2) is 11.6 Å². The molecule has 0 spiro atoms. The van der Waals surface area contributed by atoms with Gasteiger partial charge in [-0.25, -0.2) is 4.39 Å². The number of methoxy groups -OCH3 is 1. The number of aryl methyl sites for hydroxylation is 2. The number of rotatable bonds is 7. The molecule has 3 aromatic carbocycles. The van der Waals surface area contributed by atoms with Crippen molar-refractivity contribution in [2.24, 2.45) is 4.99 Å². The van der Waals surface area contributed by atoms with Crippen molar-refractivity contribution in [1.29, 1.82) is 0 Å². The molecule has 6 rings (SSSR count). The van der Waals surface area contributed by atoms with Crippen LogP contribution in [0, 0.1) is 26.6 Å². The van der Waals surface area contributed by atoms with Gasteiger partial charge in [-0.1, -0.05) is 0 Å². The largest absolute Gasteiger partial charge is 0.496 e. The summed E-state index contributed by atoms with van der Waals surface area (Å²) in [5.74, 6) is 1.04. The van der Waals surface area contributed by atoms with Crippen LogP contribution in [0.15, 0.2) is 47.5 Å². The van der Waals surface area contributed by atoms with E-state index in [1.807, 2.05) is 50.1 Å². The zero-order chi connectivity index (χ0) is 31.0. The third kappa shape index (κ3) is 5.86. The number of carbonyl (C=O) groups is 2. The lowest BCUT2D eigenvalue weighted by Crippen LogP contribution is -2.49. The van der Waals surface area contributed by atoms with Crippen molar-refractivity contribution in [2.45, 2.75) is 39.7 Å². The molecule has 3 aliphatic rings. The third-order valence-electron chi connectivity index (χ3n) is 8.75. The quantitative estimate of drug-likeness (QED) is 0.348. The first-order valence-corrected chi connectivity index (χ1v) is 15.0. The molecule has 0 aliphatic carbocycles. The minimum Gasteiger partial charge on any atom is -0.496 e. The van der Waals surface area contributed by atoms with E-state index in [1.165, 1.54) is 12.1 Å². The summed E-state index contributed by atoms with van der Waals surface area (Å²) in [6.45, 7) is 9.13. The normalized spacial score (nSPS) is 18.1. The Bertz CT molecular complexity index is 1630. The van der Waals surface area contributed by atoms with Gasteiger partial charge in [0.2, 0.25) is 0 Å². The Kier molecular flexibility index (Phi) is 8.27. The molecule has 44 heavy (non-hydrogen) atoms. The van der Waals surface area contributed by atoms with Crippen LogP contribution in [-0.4, -0.2) is 85.3 Å². The highest BCUT2D eigenvalue weighted by atomic mass is 19.1. The SMILES string of the molecule is COc1cc(Oc2ccc(C(=O)N3CCN(COc4cc5c(cc4C)C(=O)N4CCC[C@H]4C=N5)CC3)cc2F)cc(C)c1C. The Morgan fingerprint density at radius 1 is 0.955 bits per heavy atom. The average Bonchev–Trinajstić information content (AvgIpc) is 3.46. The molecule has 2 fully saturated rings. The number of benzene rings is 3. The van der Waals surface area contributed by atoms with Crippen molar-refractivity contribution in [3.8, 4) is 23.0 Å². The Labute approximate surface area is 256 Å². The van der Waals surface area contributed by atoms with E-state index in [0.29, 0.717) is 61.4 Å². The van der Waals surface area contributed by atoms with E-state index in [1.54, 1.807) is 24.1 Å². The summed E-state index contributed by atoms with van der Waals surface area (Å²) < 4.78 is 32.3. The van der Waals surface area contributed by atoms with Crippen molar-refractivity contribution in [2.75, 3.05) is 46.6 Å². The summed E-state index contributed by atoms with van der Waals surface area (Å²) in [4.78, 5) is 36.6. The number of fused-ring (bicyclic) bond motifs is 2. The summed E-state index contributed by atoms with van der Waals surface area (Å²) in [5.41, 5.74) is 4.36. The number of amides is 2. The number of nitrogens with zero attached hydrogens (tertiary/aromatic N) is 4. The lowest BCUT2D eigenvalue weighted by atomic mass is 10.1. The van der Waals surface area contributed by atoms with Crippen LogP contribution in [0.5, 0.6) is 23.0 Å². The van der Waals surface area contributed by atoms with Crippen molar-refractivity contribution in [1.82, 2.24) is 14.7 Å². The van der Waals surface area contributed by atoms with Crippen molar-refractivity contribution in [3.05, 3.63) is 76.1 Å². The molecule has 230 valence electrons. The third-order valence-corrected chi connectivity index (χ3v) is 8.75. The maximum absolute atomic E-state index is 15.0. The van der Waals surface area contributed by atoms with E-state index < -0.39 is 5.82 Å². The van der Waals surface area contributed by atoms with Crippen LogP contribution in [0.25, 0.3) is 0 Å². The maximum atomic E-state index is 15.0. The molecule has 0 aromatic heterocycles. The average molecular weight is 601 g/mol. The van der Waals surface area contributed by atoms with Gasteiger partial charge in [-0.15, -0.1) is 0 Å². The smallest absolute Gasteiger partial charge is 0.256 e. The summed E-state index contributed by atoms with van der Waals surface area (Å²) in [6, 6.07) is 11.6. The van der Waals surface area contributed by atoms with Crippen LogP contribution in [0.3, 0.4) is 0 Å². The van der Waals surface area contributed by atoms with Crippen LogP contribution >= 0.6 is 0 Å². The molecular formula is C34H37FN4O5. The fourth-order valence-corrected chi connectivity index (χ4v) is 5.96. The molecule has 2 saturated heterocycles. The molecule has 0 N–H and O–H groups in total. The molecule has 2 amide bonds. The first kappa shape index (κ1) is 29.6. The second-order valence-electron chi connectivity index (χ2n) is 11.6. The number of hydrogen-bond acceptors (Lipinski definition) is 7. The van der Waals surface area contributed by atoms with E-state index >= 15 is 4.39 Å². The molecule has 3 aromatic rings. The van der Waals surface area contributed by atoms with Crippen molar-refractivity contribution in [3.63, 3.8) is 0 Å². The molecule has 0 bridgehead atoms. The number of ether oxygens (including phenoxy) is 3. The molecule has 0 unspecified atom stereocenters. The molecule has 0 radical (unpaired) electrons. The van der Waals surface area contributed by atoms with Crippen LogP contribution in [0.1, 0.15) is 50.2 Å². The molecule has 3 heterocycles. The van der Waals surface area contributed by atoms with Crippen LogP contribution in [-0.2, 0) is 0 Å². The summed E-state index contributed by atoms with van der Waals surface area (Å²) >= 11 is 0. The standard InChI is InChI=1S/C34H37FN4O5/c1-21-14-26(17-32(42-4)23(21)3)44-30-8-7-24(16-28(30)35)33(40)38-12-10-37(11-13-38)20-43-31-18-29-27(15-22(31)2)34(41)39-9-5-6-25(39)19-36-29/h7-8,14-19,25H,5-6,9-13,20H2,1-4H3/t25-/m0/s1. The van der Waals surface area contributed by atoms with Gasteiger partial charge < -0.3 is 24.0 Å². The zero-order valence-corrected chi connectivity index (χ0v) is 25.6. The Balaban J connectivity index is 1.04. The first-order valence-electron chi connectivity index (χ1n) is 15.0. The van der Waals surface area contributed by atoms with Crippen molar-refractivity contribution < 1.29 is 28.2 Å². The predicted octanol–water partition coefficient (Wildman–Crippen LogP) is 5.67. The summed E-state index contributed by atoms with van der Waals surface area (Å²) in [7, 11) is 1.58. The fourth-order valence-electron chi connectivity index (χ4n) is 5.96.